The van der Waals surface area contributed by atoms with Crippen molar-refractivity contribution in [1.82, 2.24) is 0 Å². The molecule has 8 heteroatoms. The number of benzene rings is 2. The molecule has 2 saturated heterocycles. The lowest BCUT2D eigenvalue weighted by molar-refractivity contribution is -0.870. The summed E-state index contributed by atoms with van der Waals surface area (Å²) in [7, 11) is 13.0. The zero-order valence-electron chi connectivity index (χ0n) is 30.9. The number of hydrogen-bond acceptors (Lipinski definition) is 4. The molecule has 0 spiro atoms. The van der Waals surface area contributed by atoms with E-state index in [1.807, 2.05) is 0 Å². The summed E-state index contributed by atoms with van der Waals surface area (Å²) in [6.45, 7) is 19.3. The molecule has 0 saturated carbocycles. The van der Waals surface area contributed by atoms with Crippen molar-refractivity contribution in [1.29, 1.82) is 0 Å². The minimum Gasteiger partial charge on any atom is -0.399 e. The van der Waals surface area contributed by atoms with Gasteiger partial charge in [-0.3, -0.25) is 0 Å². The van der Waals surface area contributed by atoms with Crippen LogP contribution in [0.1, 0.15) is 92.2 Å². The quantitative estimate of drug-likeness (QED) is 0.260. The van der Waals surface area contributed by atoms with Gasteiger partial charge in [-0.1, -0.05) is 36.4 Å². The van der Waals surface area contributed by atoms with Crippen LogP contribution in [-0.2, 0) is 24.0 Å². The molecule has 1 aliphatic carbocycles. The predicted molar refractivity (Wildman–Crippen MR) is 188 cm³/mol. The largest absolute Gasteiger partial charge is 0.494 e. The first-order valence-electron chi connectivity index (χ1n) is 17.1. The zero-order chi connectivity index (χ0) is 33.4. The van der Waals surface area contributed by atoms with Gasteiger partial charge in [0, 0.05) is 5.41 Å². The maximum absolute atomic E-state index is 6.57. The Labute approximate surface area is 275 Å². The smallest absolute Gasteiger partial charge is 0.399 e. The van der Waals surface area contributed by atoms with E-state index in [2.05, 4.69) is 134 Å². The first kappa shape index (κ1) is 34.7. The number of quaternary nitrogens is 2. The van der Waals surface area contributed by atoms with E-state index in [1.165, 1.54) is 22.3 Å². The van der Waals surface area contributed by atoms with Crippen molar-refractivity contribution in [2.45, 2.75) is 109 Å². The normalized spacial score (nSPS) is 22.5. The Bertz CT molecular complexity index is 1280. The number of hydrogen-bond donors (Lipinski definition) is 0. The fraction of sp³-hybridized carbons (Fsp3) is 0.676. The summed E-state index contributed by atoms with van der Waals surface area (Å²) in [5.74, 6) is 0. The van der Waals surface area contributed by atoms with Crippen molar-refractivity contribution in [2.75, 3.05) is 55.4 Å². The van der Waals surface area contributed by atoms with E-state index in [4.69, 9.17) is 18.6 Å². The van der Waals surface area contributed by atoms with Crippen LogP contribution < -0.4 is 10.9 Å². The van der Waals surface area contributed by atoms with Gasteiger partial charge >= 0.3 is 14.2 Å². The number of rotatable bonds is 10. The summed E-state index contributed by atoms with van der Waals surface area (Å²) in [4.78, 5) is 0. The number of fused-ring (bicyclic) bond motifs is 3. The van der Waals surface area contributed by atoms with Gasteiger partial charge in [0.25, 0.3) is 0 Å². The average molecular weight is 619 g/mol. The van der Waals surface area contributed by atoms with Crippen LogP contribution in [0.3, 0.4) is 0 Å². The van der Waals surface area contributed by atoms with Gasteiger partial charge in [-0.2, -0.15) is 0 Å². The maximum atomic E-state index is 6.57. The van der Waals surface area contributed by atoms with E-state index in [0.29, 0.717) is 0 Å². The highest BCUT2D eigenvalue weighted by molar-refractivity contribution is 6.62. The third-order valence-electron chi connectivity index (χ3n) is 11.3. The van der Waals surface area contributed by atoms with Gasteiger partial charge in [0.15, 0.2) is 0 Å². The lowest BCUT2D eigenvalue weighted by Gasteiger charge is -2.35. The average Bonchev–Trinajstić information content (AvgIpc) is 3.37. The SMILES string of the molecule is CC1(C)OB(c2ccc3c(c2)C(CCC[N+](C)(C)C)(CCC[N+](C)(C)C)c2cc(B4OC(C)(C)C(C)(C)O4)ccc2-3)OC1(C)C. The lowest BCUT2D eigenvalue weighted by Crippen LogP contribution is -2.41. The van der Waals surface area contributed by atoms with Crippen LogP contribution >= 0.6 is 0 Å². The summed E-state index contributed by atoms with van der Waals surface area (Å²) in [5.41, 5.74) is 6.04. The second kappa shape index (κ2) is 11.2. The zero-order valence-corrected chi connectivity index (χ0v) is 30.9. The van der Waals surface area contributed by atoms with E-state index >= 15 is 0 Å². The molecule has 45 heavy (non-hydrogen) atoms. The molecule has 0 atom stereocenters. The molecule has 5 rings (SSSR count). The lowest BCUT2D eigenvalue weighted by atomic mass is 9.67. The highest BCUT2D eigenvalue weighted by Crippen LogP contribution is 2.54. The van der Waals surface area contributed by atoms with Gasteiger partial charge in [0.05, 0.1) is 77.8 Å². The Morgan fingerprint density at radius 2 is 0.822 bits per heavy atom. The first-order chi connectivity index (χ1) is 20.5. The van der Waals surface area contributed by atoms with Crippen LogP contribution in [0.5, 0.6) is 0 Å². The first-order valence-corrected chi connectivity index (χ1v) is 17.1. The van der Waals surface area contributed by atoms with Crippen LogP contribution in [0.2, 0.25) is 0 Å². The number of nitrogens with zero attached hydrogens (tertiary/aromatic N) is 2. The Morgan fingerprint density at radius 1 is 0.511 bits per heavy atom. The second-order valence-corrected chi connectivity index (χ2v) is 18.1. The molecular weight excluding hydrogens is 558 g/mol. The molecule has 6 nitrogen and oxygen atoms in total. The molecule has 2 aromatic carbocycles. The van der Waals surface area contributed by atoms with Gasteiger partial charge in [-0.15, -0.1) is 0 Å². The third-order valence-corrected chi connectivity index (χ3v) is 11.3. The monoisotopic (exact) mass is 618 g/mol. The predicted octanol–water partition coefficient (Wildman–Crippen LogP) is 5.52. The standard InChI is InChI=1S/C37H60B2N2O4/c1-33(2)34(3,4)43-38(42-33)27-17-19-29-30-20-18-28(39-44-35(5,6)36(7,8)45-39)26-32(30)37(31(29)25-27,21-15-23-40(9,10)11)22-16-24-41(12,13)14/h17-20,25-26H,15-16,21-24H2,1-14H3/q+2. The van der Waals surface area contributed by atoms with E-state index in [-0.39, 0.29) is 42.1 Å². The van der Waals surface area contributed by atoms with Crippen molar-refractivity contribution in [3.63, 3.8) is 0 Å². The van der Waals surface area contributed by atoms with Crippen LogP contribution in [0.25, 0.3) is 11.1 Å². The summed E-state index contributed by atoms with van der Waals surface area (Å²) < 4.78 is 28.2. The summed E-state index contributed by atoms with van der Waals surface area (Å²) in [6.07, 6.45) is 4.43. The molecule has 0 bridgehead atoms. The molecule has 3 aliphatic rings. The third kappa shape index (κ3) is 6.57. The Morgan fingerprint density at radius 3 is 1.11 bits per heavy atom. The molecule has 0 N–H and O–H groups in total. The highest BCUT2D eigenvalue weighted by Gasteiger charge is 2.54. The van der Waals surface area contributed by atoms with E-state index in [9.17, 15) is 0 Å². The molecule has 0 unspecified atom stereocenters. The fourth-order valence-corrected chi connectivity index (χ4v) is 7.16. The van der Waals surface area contributed by atoms with Crippen LogP contribution in [-0.4, -0.2) is 101 Å². The van der Waals surface area contributed by atoms with Gasteiger partial charge in [-0.25, -0.2) is 0 Å². The minimum atomic E-state index is -0.389. The van der Waals surface area contributed by atoms with Crippen molar-refractivity contribution < 1.29 is 27.6 Å². The van der Waals surface area contributed by atoms with Crippen molar-refractivity contribution >= 4 is 25.2 Å². The summed E-state index contributed by atoms with van der Waals surface area (Å²) in [6, 6.07) is 13.9. The Hall–Kier alpha value is -1.67. The molecule has 0 amide bonds. The van der Waals surface area contributed by atoms with E-state index in [1.54, 1.807) is 0 Å². The topological polar surface area (TPSA) is 36.9 Å². The van der Waals surface area contributed by atoms with Crippen LogP contribution in [0.4, 0.5) is 0 Å². The summed E-state index contributed by atoms with van der Waals surface area (Å²) in [5, 5.41) is 0. The fourth-order valence-electron chi connectivity index (χ4n) is 7.16. The van der Waals surface area contributed by atoms with Crippen molar-refractivity contribution in [3.05, 3.63) is 47.5 Å². The van der Waals surface area contributed by atoms with Crippen molar-refractivity contribution in [2.24, 2.45) is 0 Å². The van der Waals surface area contributed by atoms with E-state index < -0.39 is 0 Å². The molecule has 246 valence electrons. The van der Waals surface area contributed by atoms with Gasteiger partial charge < -0.3 is 27.6 Å². The molecule has 2 aromatic rings. The van der Waals surface area contributed by atoms with Crippen molar-refractivity contribution in [3.8, 4) is 11.1 Å². The van der Waals surface area contributed by atoms with Gasteiger partial charge in [0.2, 0.25) is 0 Å². The van der Waals surface area contributed by atoms with E-state index in [0.717, 1.165) is 58.7 Å². The second-order valence-electron chi connectivity index (χ2n) is 18.1. The van der Waals surface area contributed by atoms with Gasteiger partial charge in [-0.05, 0) is 114 Å². The summed E-state index contributed by atoms with van der Waals surface area (Å²) >= 11 is 0. The molecule has 0 aromatic heterocycles. The molecule has 2 fully saturated rings. The molecule has 0 radical (unpaired) electrons. The van der Waals surface area contributed by atoms with Gasteiger partial charge in [0.1, 0.15) is 0 Å². The Kier molecular flexibility index (Phi) is 8.63. The molecular formula is C37H60B2N2O4+2. The van der Waals surface area contributed by atoms with Crippen LogP contribution in [0.15, 0.2) is 36.4 Å². The van der Waals surface area contributed by atoms with Crippen LogP contribution in [0, 0.1) is 0 Å². The Balaban J connectivity index is 1.63. The maximum Gasteiger partial charge on any atom is 0.494 e. The molecule has 2 heterocycles. The molecule has 2 aliphatic heterocycles. The minimum absolute atomic E-state index is 0.131. The highest BCUT2D eigenvalue weighted by atomic mass is 16.7.